The van der Waals surface area contributed by atoms with Gasteiger partial charge >= 0.3 is 0 Å². The number of hydrogen-bond donors (Lipinski definition) is 1. The highest BCUT2D eigenvalue weighted by Crippen LogP contribution is 2.25. The maximum atomic E-state index is 4.26. The summed E-state index contributed by atoms with van der Waals surface area (Å²) in [6.07, 6.45) is 9.39. The Morgan fingerprint density at radius 1 is 1.80 bits per heavy atom. The first kappa shape index (κ1) is 10.4. The molecule has 1 aromatic heterocycles. The second-order valence-corrected chi connectivity index (χ2v) is 4.25. The number of nitrogens with zero attached hydrogens (tertiary/aromatic N) is 2. The molecule has 1 aliphatic rings. The van der Waals surface area contributed by atoms with Crippen molar-refractivity contribution in [3.05, 3.63) is 30.9 Å². The molecular weight excluding hydrogens is 186 g/mol. The van der Waals surface area contributed by atoms with E-state index in [2.05, 4.69) is 28.4 Å². The van der Waals surface area contributed by atoms with Gasteiger partial charge in [-0.2, -0.15) is 0 Å². The van der Waals surface area contributed by atoms with E-state index in [1.54, 1.807) is 0 Å². The predicted molar refractivity (Wildman–Crippen MR) is 61.7 cm³/mol. The lowest BCUT2D eigenvalue weighted by Gasteiger charge is -2.18. The fourth-order valence-electron chi connectivity index (χ4n) is 2.24. The maximum absolute atomic E-state index is 4.26. The van der Waals surface area contributed by atoms with Crippen LogP contribution in [0.1, 0.15) is 44.0 Å². The molecule has 0 amide bonds. The van der Waals surface area contributed by atoms with E-state index in [0.717, 1.165) is 13.0 Å². The van der Waals surface area contributed by atoms with Crippen molar-refractivity contribution in [2.45, 2.75) is 38.3 Å². The van der Waals surface area contributed by atoms with Crippen LogP contribution in [0.3, 0.4) is 0 Å². The van der Waals surface area contributed by atoms with E-state index in [9.17, 15) is 0 Å². The molecular formula is C12H19N3. The minimum atomic E-state index is 0.461. The van der Waals surface area contributed by atoms with Gasteiger partial charge in [0.25, 0.3) is 0 Å². The van der Waals surface area contributed by atoms with Gasteiger partial charge in [0.05, 0.1) is 12.0 Å². The lowest BCUT2D eigenvalue weighted by Crippen LogP contribution is -2.18. The Bertz CT molecular complexity index is 323. The number of allylic oxidation sites excluding steroid dienone is 1. The van der Waals surface area contributed by atoms with Gasteiger partial charge in [0.15, 0.2) is 0 Å². The smallest absolute Gasteiger partial charge is 0.0951 e. The molecule has 1 fully saturated rings. The van der Waals surface area contributed by atoms with Gasteiger partial charge in [0.1, 0.15) is 0 Å². The van der Waals surface area contributed by atoms with Crippen molar-refractivity contribution in [3.63, 3.8) is 0 Å². The second kappa shape index (κ2) is 4.62. The van der Waals surface area contributed by atoms with Gasteiger partial charge in [-0.3, -0.25) is 0 Å². The molecule has 3 nitrogen and oxygen atoms in total. The van der Waals surface area contributed by atoms with Crippen LogP contribution in [0.2, 0.25) is 0 Å². The number of nitrogens with one attached hydrogen (secondary N) is 1. The number of rotatable bonds is 4. The first-order valence-corrected chi connectivity index (χ1v) is 5.69. The number of imidazole rings is 1. The molecule has 15 heavy (non-hydrogen) atoms. The standard InChI is InChI=1S/C12H19N3/c1-3-5-10(2)15-9-13-8-12(15)11-6-4-7-14-11/h3,8-11,14H,1,4-7H2,2H3/t10?,11-/m0/s1. The van der Waals surface area contributed by atoms with Crippen molar-refractivity contribution >= 4 is 0 Å². The van der Waals surface area contributed by atoms with Crippen LogP contribution in [0.5, 0.6) is 0 Å². The molecule has 0 aromatic carbocycles. The Labute approximate surface area is 91.2 Å². The average molecular weight is 205 g/mol. The number of hydrogen-bond acceptors (Lipinski definition) is 2. The van der Waals surface area contributed by atoms with Crippen LogP contribution in [0.15, 0.2) is 25.2 Å². The zero-order valence-electron chi connectivity index (χ0n) is 9.32. The average Bonchev–Trinajstić information content (AvgIpc) is 2.88. The molecule has 0 saturated carbocycles. The van der Waals surface area contributed by atoms with E-state index in [1.807, 2.05) is 18.6 Å². The number of aromatic nitrogens is 2. The molecule has 82 valence electrons. The van der Waals surface area contributed by atoms with Crippen LogP contribution in [0.4, 0.5) is 0 Å². The van der Waals surface area contributed by atoms with E-state index < -0.39 is 0 Å². The SMILES string of the molecule is C=CCC(C)n1cncc1[C@@H]1CCCN1. The lowest BCUT2D eigenvalue weighted by molar-refractivity contribution is 0.495. The van der Waals surface area contributed by atoms with Crippen LogP contribution < -0.4 is 5.32 Å². The van der Waals surface area contributed by atoms with Gasteiger partial charge in [-0.1, -0.05) is 6.08 Å². The van der Waals surface area contributed by atoms with E-state index in [0.29, 0.717) is 12.1 Å². The van der Waals surface area contributed by atoms with Gasteiger partial charge in [-0.25, -0.2) is 4.98 Å². The molecule has 1 N–H and O–H groups in total. The third-order valence-corrected chi connectivity index (χ3v) is 3.10. The summed E-state index contributed by atoms with van der Waals surface area (Å²) in [5.74, 6) is 0. The first-order chi connectivity index (χ1) is 7.33. The Hall–Kier alpha value is -1.09. The molecule has 2 heterocycles. The summed E-state index contributed by atoms with van der Waals surface area (Å²) in [6, 6.07) is 0.960. The van der Waals surface area contributed by atoms with Crippen LogP contribution >= 0.6 is 0 Å². The largest absolute Gasteiger partial charge is 0.330 e. The van der Waals surface area contributed by atoms with E-state index in [-0.39, 0.29) is 0 Å². The van der Waals surface area contributed by atoms with Crippen LogP contribution in [0.25, 0.3) is 0 Å². The van der Waals surface area contributed by atoms with E-state index in [1.165, 1.54) is 18.5 Å². The fourth-order valence-corrected chi connectivity index (χ4v) is 2.24. The van der Waals surface area contributed by atoms with Crippen molar-refractivity contribution in [3.8, 4) is 0 Å². The Balaban J connectivity index is 2.16. The molecule has 1 aromatic rings. The first-order valence-electron chi connectivity index (χ1n) is 5.69. The summed E-state index contributed by atoms with van der Waals surface area (Å²) >= 11 is 0. The topological polar surface area (TPSA) is 29.9 Å². The van der Waals surface area contributed by atoms with E-state index >= 15 is 0 Å². The quantitative estimate of drug-likeness (QED) is 0.765. The third-order valence-electron chi connectivity index (χ3n) is 3.10. The molecule has 1 aliphatic heterocycles. The summed E-state index contributed by atoms with van der Waals surface area (Å²) in [4.78, 5) is 4.26. The highest BCUT2D eigenvalue weighted by atomic mass is 15.1. The van der Waals surface area contributed by atoms with Crippen LogP contribution in [0, 0.1) is 0 Å². The fraction of sp³-hybridized carbons (Fsp3) is 0.583. The molecule has 1 saturated heterocycles. The molecule has 2 atom stereocenters. The lowest BCUT2D eigenvalue weighted by atomic mass is 10.1. The predicted octanol–water partition coefficient (Wildman–Crippen LogP) is 2.44. The highest BCUT2D eigenvalue weighted by molar-refractivity contribution is 5.08. The van der Waals surface area contributed by atoms with Gasteiger partial charge in [0, 0.05) is 18.3 Å². The second-order valence-electron chi connectivity index (χ2n) is 4.25. The minimum absolute atomic E-state index is 0.461. The molecule has 0 aliphatic carbocycles. The van der Waals surface area contributed by atoms with Gasteiger partial charge in [-0.15, -0.1) is 6.58 Å². The zero-order valence-corrected chi connectivity index (χ0v) is 9.32. The Morgan fingerprint density at radius 3 is 3.33 bits per heavy atom. The van der Waals surface area contributed by atoms with Gasteiger partial charge in [-0.05, 0) is 32.7 Å². The highest BCUT2D eigenvalue weighted by Gasteiger charge is 2.20. The molecule has 2 rings (SSSR count). The van der Waals surface area contributed by atoms with Crippen molar-refractivity contribution in [2.75, 3.05) is 6.54 Å². The molecule has 3 heteroatoms. The maximum Gasteiger partial charge on any atom is 0.0951 e. The molecule has 0 bridgehead atoms. The summed E-state index contributed by atoms with van der Waals surface area (Å²) < 4.78 is 2.27. The van der Waals surface area contributed by atoms with Crippen LogP contribution in [-0.4, -0.2) is 16.1 Å². The molecule has 0 spiro atoms. The Kier molecular flexibility index (Phi) is 3.21. The summed E-state index contributed by atoms with van der Waals surface area (Å²) in [5.41, 5.74) is 1.32. The van der Waals surface area contributed by atoms with Crippen LogP contribution in [-0.2, 0) is 0 Å². The zero-order chi connectivity index (χ0) is 10.7. The molecule has 1 unspecified atom stereocenters. The van der Waals surface area contributed by atoms with Gasteiger partial charge in [0.2, 0.25) is 0 Å². The minimum Gasteiger partial charge on any atom is -0.330 e. The summed E-state index contributed by atoms with van der Waals surface area (Å²) in [7, 11) is 0. The summed E-state index contributed by atoms with van der Waals surface area (Å²) in [5, 5.41) is 3.51. The molecule has 0 radical (unpaired) electrons. The normalized spacial score (nSPS) is 22.9. The van der Waals surface area contributed by atoms with Crippen molar-refractivity contribution in [2.24, 2.45) is 0 Å². The van der Waals surface area contributed by atoms with Gasteiger partial charge < -0.3 is 9.88 Å². The third kappa shape index (κ3) is 2.12. The van der Waals surface area contributed by atoms with E-state index in [4.69, 9.17) is 0 Å². The van der Waals surface area contributed by atoms with Crippen molar-refractivity contribution in [1.29, 1.82) is 0 Å². The van der Waals surface area contributed by atoms with Crippen molar-refractivity contribution in [1.82, 2.24) is 14.9 Å². The Morgan fingerprint density at radius 2 is 2.67 bits per heavy atom. The van der Waals surface area contributed by atoms with Crippen molar-refractivity contribution < 1.29 is 0 Å². The monoisotopic (exact) mass is 205 g/mol. The summed E-state index contributed by atoms with van der Waals surface area (Å²) in [6.45, 7) is 7.13.